The second-order valence-electron chi connectivity index (χ2n) is 6.34. The highest BCUT2D eigenvalue weighted by atomic mass is 79.9. The first-order chi connectivity index (χ1) is 12.7. The Labute approximate surface area is 161 Å². The van der Waals surface area contributed by atoms with E-state index in [1.165, 1.54) is 5.56 Å². The molecule has 3 aromatic rings. The van der Waals surface area contributed by atoms with Crippen molar-refractivity contribution in [3.63, 3.8) is 0 Å². The van der Waals surface area contributed by atoms with E-state index in [0.717, 1.165) is 27.8 Å². The summed E-state index contributed by atoms with van der Waals surface area (Å²) >= 11 is 3.48. The normalized spacial score (nSPS) is 16.2. The quantitative estimate of drug-likeness (QED) is 0.597. The molecule has 3 aromatic carbocycles. The van der Waals surface area contributed by atoms with Gasteiger partial charge in [-0.3, -0.25) is 9.69 Å². The van der Waals surface area contributed by atoms with Gasteiger partial charge >= 0.3 is 0 Å². The summed E-state index contributed by atoms with van der Waals surface area (Å²) in [5.74, 6) is 0.0107. The Bertz CT molecular complexity index is 935. The summed E-state index contributed by atoms with van der Waals surface area (Å²) in [5, 5.41) is 3.53. The second kappa shape index (κ2) is 6.96. The van der Waals surface area contributed by atoms with Crippen molar-refractivity contribution in [1.29, 1.82) is 0 Å². The molecule has 1 N–H and O–H groups in total. The predicted octanol–water partition coefficient (Wildman–Crippen LogP) is 5.78. The molecule has 0 aliphatic carbocycles. The number of nitrogens with zero attached hydrogens (tertiary/aromatic N) is 1. The molecule has 1 aliphatic heterocycles. The molecule has 0 aromatic heterocycles. The van der Waals surface area contributed by atoms with Gasteiger partial charge in [0.25, 0.3) is 5.91 Å². The SMILES string of the molecule is CCc1ccc(N2C(=O)c3ccccc3N[C@@H]2c2ccc(Br)cc2)cc1. The van der Waals surface area contributed by atoms with Crippen LogP contribution in [0.4, 0.5) is 11.4 Å². The Balaban J connectivity index is 1.82. The van der Waals surface area contributed by atoms with Crippen LogP contribution in [0.15, 0.2) is 77.3 Å². The number of halogens is 1. The molecule has 1 atom stereocenters. The first-order valence-electron chi connectivity index (χ1n) is 8.71. The third-order valence-corrected chi connectivity index (χ3v) is 5.26. The number of aryl methyl sites for hydroxylation is 1. The van der Waals surface area contributed by atoms with E-state index < -0.39 is 0 Å². The molecule has 0 bridgehead atoms. The van der Waals surface area contributed by atoms with E-state index in [-0.39, 0.29) is 12.1 Å². The van der Waals surface area contributed by atoms with Gasteiger partial charge in [0.2, 0.25) is 0 Å². The minimum absolute atomic E-state index is 0.0107. The Morgan fingerprint density at radius 3 is 2.35 bits per heavy atom. The van der Waals surface area contributed by atoms with Crippen LogP contribution in [-0.4, -0.2) is 5.91 Å². The average Bonchev–Trinajstić information content (AvgIpc) is 2.69. The van der Waals surface area contributed by atoms with E-state index in [4.69, 9.17) is 0 Å². The lowest BCUT2D eigenvalue weighted by Gasteiger charge is -2.38. The van der Waals surface area contributed by atoms with Crippen molar-refractivity contribution in [2.75, 3.05) is 10.2 Å². The van der Waals surface area contributed by atoms with E-state index in [1.807, 2.05) is 65.6 Å². The van der Waals surface area contributed by atoms with Gasteiger partial charge in [-0.1, -0.05) is 59.3 Å². The molecule has 130 valence electrons. The summed E-state index contributed by atoms with van der Waals surface area (Å²) in [4.78, 5) is 15.1. The number of rotatable bonds is 3. The van der Waals surface area contributed by atoms with E-state index >= 15 is 0 Å². The number of carbonyl (C=O) groups excluding carboxylic acids is 1. The van der Waals surface area contributed by atoms with Gasteiger partial charge < -0.3 is 5.32 Å². The van der Waals surface area contributed by atoms with Crippen LogP contribution in [-0.2, 0) is 6.42 Å². The first kappa shape index (κ1) is 16.9. The van der Waals surface area contributed by atoms with Gasteiger partial charge in [-0.25, -0.2) is 0 Å². The van der Waals surface area contributed by atoms with Crippen LogP contribution in [0.25, 0.3) is 0 Å². The number of carbonyl (C=O) groups is 1. The van der Waals surface area contributed by atoms with Crippen molar-refractivity contribution >= 4 is 33.2 Å². The van der Waals surface area contributed by atoms with Crippen molar-refractivity contribution in [2.24, 2.45) is 0 Å². The third-order valence-electron chi connectivity index (χ3n) is 4.74. The fourth-order valence-corrected chi connectivity index (χ4v) is 3.55. The molecule has 3 nitrogen and oxygen atoms in total. The number of hydrogen-bond acceptors (Lipinski definition) is 2. The van der Waals surface area contributed by atoms with Crippen molar-refractivity contribution in [2.45, 2.75) is 19.5 Å². The summed E-state index contributed by atoms with van der Waals surface area (Å²) in [6.45, 7) is 2.13. The van der Waals surface area contributed by atoms with E-state index in [2.05, 4.69) is 40.3 Å². The van der Waals surface area contributed by atoms with Gasteiger partial charge in [0, 0.05) is 15.8 Å². The molecule has 1 aliphatic rings. The van der Waals surface area contributed by atoms with Crippen LogP contribution >= 0.6 is 15.9 Å². The summed E-state index contributed by atoms with van der Waals surface area (Å²) in [6.07, 6.45) is 0.726. The summed E-state index contributed by atoms with van der Waals surface area (Å²) < 4.78 is 1.02. The first-order valence-corrected chi connectivity index (χ1v) is 9.50. The number of nitrogens with one attached hydrogen (secondary N) is 1. The minimum Gasteiger partial charge on any atom is -0.360 e. The van der Waals surface area contributed by atoms with Gasteiger partial charge in [0.1, 0.15) is 6.17 Å². The zero-order valence-electron chi connectivity index (χ0n) is 14.4. The number of para-hydroxylation sites is 1. The molecule has 0 radical (unpaired) electrons. The summed E-state index contributed by atoms with van der Waals surface area (Å²) in [6, 6.07) is 24.0. The fraction of sp³-hybridized carbons (Fsp3) is 0.136. The van der Waals surface area contributed by atoms with Crippen molar-refractivity contribution in [3.8, 4) is 0 Å². The van der Waals surface area contributed by atoms with Crippen LogP contribution < -0.4 is 10.2 Å². The molecule has 1 heterocycles. The summed E-state index contributed by atoms with van der Waals surface area (Å²) in [5.41, 5.74) is 4.75. The number of benzene rings is 3. The lowest BCUT2D eigenvalue weighted by molar-refractivity contribution is 0.0975. The molecular weight excluding hydrogens is 388 g/mol. The predicted molar refractivity (Wildman–Crippen MR) is 110 cm³/mol. The molecule has 0 unspecified atom stereocenters. The van der Waals surface area contributed by atoms with Gasteiger partial charge in [-0.15, -0.1) is 0 Å². The second-order valence-corrected chi connectivity index (χ2v) is 7.25. The highest BCUT2D eigenvalue weighted by Crippen LogP contribution is 2.36. The van der Waals surface area contributed by atoms with Crippen LogP contribution in [0.1, 0.15) is 34.6 Å². The van der Waals surface area contributed by atoms with E-state index in [1.54, 1.807) is 0 Å². The fourth-order valence-electron chi connectivity index (χ4n) is 3.29. The average molecular weight is 407 g/mol. The molecule has 0 fully saturated rings. The van der Waals surface area contributed by atoms with Crippen LogP contribution in [0.5, 0.6) is 0 Å². The van der Waals surface area contributed by atoms with Gasteiger partial charge in [-0.2, -0.15) is 0 Å². The molecule has 4 heteroatoms. The van der Waals surface area contributed by atoms with Crippen LogP contribution in [0.2, 0.25) is 0 Å². The van der Waals surface area contributed by atoms with E-state index in [9.17, 15) is 4.79 Å². The molecule has 26 heavy (non-hydrogen) atoms. The lowest BCUT2D eigenvalue weighted by Crippen LogP contribution is -2.43. The highest BCUT2D eigenvalue weighted by Gasteiger charge is 2.33. The number of amides is 1. The van der Waals surface area contributed by atoms with Crippen molar-refractivity contribution in [1.82, 2.24) is 0 Å². The van der Waals surface area contributed by atoms with E-state index in [0.29, 0.717) is 5.56 Å². The zero-order valence-corrected chi connectivity index (χ0v) is 16.0. The molecule has 0 saturated carbocycles. The maximum atomic E-state index is 13.3. The largest absolute Gasteiger partial charge is 0.360 e. The van der Waals surface area contributed by atoms with Crippen LogP contribution in [0, 0.1) is 0 Å². The van der Waals surface area contributed by atoms with Crippen LogP contribution in [0.3, 0.4) is 0 Å². The third kappa shape index (κ3) is 3.01. The molecule has 0 spiro atoms. The molecule has 4 rings (SSSR count). The maximum Gasteiger partial charge on any atom is 0.262 e. The monoisotopic (exact) mass is 406 g/mol. The van der Waals surface area contributed by atoms with Gasteiger partial charge in [0.15, 0.2) is 0 Å². The zero-order chi connectivity index (χ0) is 18.1. The maximum absolute atomic E-state index is 13.3. The number of hydrogen-bond donors (Lipinski definition) is 1. The summed E-state index contributed by atoms with van der Waals surface area (Å²) in [7, 11) is 0. The Kier molecular flexibility index (Phi) is 4.51. The Hall–Kier alpha value is -2.59. The molecular formula is C22H19BrN2O. The smallest absolute Gasteiger partial charge is 0.262 e. The van der Waals surface area contributed by atoms with Gasteiger partial charge in [0.05, 0.1) is 5.56 Å². The topological polar surface area (TPSA) is 32.3 Å². The van der Waals surface area contributed by atoms with Crippen molar-refractivity contribution < 1.29 is 4.79 Å². The highest BCUT2D eigenvalue weighted by molar-refractivity contribution is 9.10. The number of anilines is 2. The van der Waals surface area contributed by atoms with Crippen molar-refractivity contribution in [3.05, 3.63) is 94.0 Å². The Morgan fingerprint density at radius 1 is 0.962 bits per heavy atom. The lowest BCUT2D eigenvalue weighted by atomic mass is 10.0. The molecule has 0 saturated heterocycles. The van der Waals surface area contributed by atoms with Gasteiger partial charge in [-0.05, 0) is 53.9 Å². The Morgan fingerprint density at radius 2 is 1.65 bits per heavy atom. The number of fused-ring (bicyclic) bond motifs is 1. The standard InChI is InChI=1S/C22H19BrN2O/c1-2-15-7-13-18(14-8-15)25-21(16-9-11-17(23)12-10-16)24-20-6-4-3-5-19(20)22(25)26/h3-14,21,24H,2H2,1H3/t21-/m0/s1. The minimum atomic E-state index is -0.252. The molecule has 1 amide bonds.